The summed E-state index contributed by atoms with van der Waals surface area (Å²) in [6.07, 6.45) is 0. The van der Waals surface area contributed by atoms with Crippen LogP contribution in [0, 0.1) is 22.7 Å². The van der Waals surface area contributed by atoms with Gasteiger partial charge >= 0.3 is 23.9 Å². The Morgan fingerprint density at radius 3 is 0.929 bits per heavy atom. The van der Waals surface area contributed by atoms with E-state index in [4.69, 9.17) is 28.4 Å². The van der Waals surface area contributed by atoms with Crippen LogP contribution in [0.2, 0.25) is 0 Å². The molecule has 2 aliphatic rings. The molecule has 0 amide bonds. The zero-order chi connectivity index (χ0) is 33.0. The van der Waals surface area contributed by atoms with Crippen molar-refractivity contribution in [3.63, 3.8) is 0 Å². The van der Waals surface area contributed by atoms with Gasteiger partial charge in [-0.05, 0) is 83.1 Å². The van der Waals surface area contributed by atoms with Crippen molar-refractivity contribution >= 4 is 23.9 Å². The van der Waals surface area contributed by atoms with Crippen LogP contribution in [0.3, 0.4) is 0 Å². The van der Waals surface area contributed by atoms with Gasteiger partial charge in [-0.15, -0.1) is 0 Å². The van der Waals surface area contributed by atoms with Gasteiger partial charge in [0.15, 0.2) is 0 Å². The third kappa shape index (κ3) is 6.47. The number of esters is 4. The third-order valence-electron chi connectivity index (χ3n) is 7.22. The Kier molecular flexibility index (Phi) is 9.13. The molecule has 0 aliphatic heterocycles. The van der Waals surface area contributed by atoms with Crippen LogP contribution in [0.4, 0.5) is 0 Å². The van der Waals surface area contributed by atoms with Crippen molar-refractivity contribution in [2.24, 2.45) is 22.7 Å². The Morgan fingerprint density at radius 1 is 0.500 bits per heavy atom. The molecule has 42 heavy (non-hydrogen) atoms. The van der Waals surface area contributed by atoms with Gasteiger partial charge in [0.25, 0.3) is 0 Å². The molecule has 2 aliphatic carbocycles. The van der Waals surface area contributed by atoms with E-state index >= 15 is 0 Å². The predicted octanol–water partition coefficient (Wildman–Crippen LogP) is 5.43. The van der Waals surface area contributed by atoms with E-state index in [1.54, 1.807) is 96.9 Å². The lowest BCUT2D eigenvalue weighted by molar-refractivity contribution is -0.172. The van der Waals surface area contributed by atoms with Gasteiger partial charge in [0.05, 0.1) is 25.4 Å². The average Bonchev–Trinajstić information content (AvgIpc) is 3.04. The van der Waals surface area contributed by atoms with E-state index in [1.807, 2.05) is 0 Å². The van der Waals surface area contributed by atoms with E-state index < -0.39 is 68.9 Å². The molecule has 10 nitrogen and oxygen atoms in total. The first kappa shape index (κ1) is 35.2. The topological polar surface area (TPSA) is 124 Å². The van der Waals surface area contributed by atoms with Gasteiger partial charge in [0.1, 0.15) is 45.8 Å². The van der Waals surface area contributed by atoms with Crippen molar-refractivity contribution in [2.75, 3.05) is 14.2 Å². The second kappa shape index (κ2) is 10.9. The lowest BCUT2D eigenvalue weighted by Crippen LogP contribution is -2.50. The number of ether oxygens (including phenoxy) is 6. The molecule has 238 valence electrons. The first-order valence-corrected chi connectivity index (χ1v) is 14.2. The summed E-state index contributed by atoms with van der Waals surface area (Å²) in [4.78, 5) is 56.4. The fourth-order valence-corrected chi connectivity index (χ4v) is 5.86. The Bertz CT molecular complexity index is 1100. The smallest absolute Gasteiger partial charge is 0.338 e. The number of rotatable bonds is 6. The van der Waals surface area contributed by atoms with E-state index in [9.17, 15) is 19.2 Å². The molecule has 0 fully saturated rings. The Morgan fingerprint density at radius 2 is 0.738 bits per heavy atom. The highest BCUT2D eigenvalue weighted by molar-refractivity contribution is 6.03. The maximum absolute atomic E-state index is 14.1. The zero-order valence-electron chi connectivity index (χ0n) is 28.2. The quantitative estimate of drug-likeness (QED) is 0.291. The Balaban J connectivity index is 3.13. The lowest BCUT2D eigenvalue weighted by atomic mass is 9.58. The molecule has 0 aromatic carbocycles. The average molecular weight is 595 g/mol. The van der Waals surface area contributed by atoms with Crippen molar-refractivity contribution < 1.29 is 47.6 Å². The van der Waals surface area contributed by atoms with Gasteiger partial charge < -0.3 is 28.4 Å². The number of hydrogen-bond acceptors (Lipinski definition) is 10. The van der Waals surface area contributed by atoms with Crippen LogP contribution in [-0.4, -0.2) is 60.5 Å². The summed E-state index contributed by atoms with van der Waals surface area (Å²) >= 11 is 0. The van der Waals surface area contributed by atoms with Gasteiger partial charge in [-0.2, -0.15) is 0 Å². The van der Waals surface area contributed by atoms with Crippen molar-refractivity contribution in [2.45, 2.75) is 119 Å². The molecule has 0 saturated carbocycles. The molecule has 2 unspecified atom stereocenters. The monoisotopic (exact) mass is 594 g/mol. The summed E-state index contributed by atoms with van der Waals surface area (Å²) in [5.74, 6) is -5.96. The molecular weight excluding hydrogens is 544 g/mol. The number of methoxy groups -OCH3 is 2. The minimum atomic E-state index is -1.64. The van der Waals surface area contributed by atoms with Crippen LogP contribution in [0.15, 0.2) is 22.7 Å². The van der Waals surface area contributed by atoms with Gasteiger partial charge in [0.2, 0.25) is 0 Å². The molecule has 0 aromatic heterocycles. The van der Waals surface area contributed by atoms with Gasteiger partial charge in [-0.25, -0.2) is 9.59 Å². The van der Waals surface area contributed by atoms with Gasteiger partial charge in [-0.1, -0.05) is 13.8 Å². The van der Waals surface area contributed by atoms with E-state index in [0.717, 1.165) is 0 Å². The summed E-state index contributed by atoms with van der Waals surface area (Å²) in [7, 11) is 2.64. The molecule has 0 radical (unpaired) electrons. The van der Waals surface area contributed by atoms with E-state index in [0.29, 0.717) is 0 Å². The normalized spacial score (nSPS) is 26.5. The second-order valence-corrected chi connectivity index (χ2v) is 15.2. The highest BCUT2D eigenvalue weighted by Crippen LogP contribution is 2.72. The van der Waals surface area contributed by atoms with Crippen molar-refractivity contribution in [3.8, 4) is 0 Å². The summed E-state index contributed by atoms with van der Waals surface area (Å²) in [6, 6.07) is 0. The molecule has 0 spiro atoms. The maximum Gasteiger partial charge on any atom is 0.338 e. The highest BCUT2D eigenvalue weighted by atomic mass is 16.6. The molecule has 0 N–H and O–H groups in total. The fraction of sp³-hybridized carbons (Fsp3) is 0.750. The second-order valence-electron chi connectivity index (χ2n) is 15.2. The molecule has 4 atom stereocenters. The summed E-state index contributed by atoms with van der Waals surface area (Å²) < 4.78 is 34.9. The fourth-order valence-electron chi connectivity index (χ4n) is 5.86. The van der Waals surface area contributed by atoms with E-state index in [1.165, 1.54) is 14.2 Å². The molecule has 0 saturated heterocycles. The maximum atomic E-state index is 14.1. The van der Waals surface area contributed by atoms with Crippen LogP contribution in [0.5, 0.6) is 0 Å². The highest BCUT2D eigenvalue weighted by Gasteiger charge is 2.77. The summed E-state index contributed by atoms with van der Waals surface area (Å²) in [5, 5.41) is 0. The molecule has 0 aromatic rings. The molecule has 10 heteroatoms. The molecule has 0 heterocycles. The van der Waals surface area contributed by atoms with Crippen LogP contribution in [-0.2, 0) is 47.6 Å². The largest absolute Gasteiger partial charge is 0.500 e. The van der Waals surface area contributed by atoms with Gasteiger partial charge in [0, 0.05) is 10.8 Å². The minimum absolute atomic E-state index is 0.0618. The molecule has 2 rings (SSSR count). The predicted molar refractivity (Wildman–Crippen MR) is 155 cm³/mol. The van der Waals surface area contributed by atoms with Crippen molar-refractivity contribution in [3.05, 3.63) is 22.7 Å². The molecular formula is C32H50O10. The lowest BCUT2D eigenvalue weighted by Gasteiger charge is -2.43. The third-order valence-corrected chi connectivity index (χ3v) is 7.22. The van der Waals surface area contributed by atoms with Crippen LogP contribution in [0.1, 0.15) is 96.9 Å². The number of carbonyl (C=O) groups is 4. The van der Waals surface area contributed by atoms with Gasteiger partial charge in [-0.3, -0.25) is 9.59 Å². The van der Waals surface area contributed by atoms with Crippen molar-refractivity contribution in [1.29, 1.82) is 0 Å². The number of carbonyl (C=O) groups excluding carboxylic acids is 4. The van der Waals surface area contributed by atoms with Crippen LogP contribution in [0.25, 0.3) is 0 Å². The zero-order valence-corrected chi connectivity index (χ0v) is 28.2. The van der Waals surface area contributed by atoms with E-state index in [2.05, 4.69) is 0 Å². The van der Waals surface area contributed by atoms with Crippen LogP contribution >= 0.6 is 0 Å². The SMILES string of the molecule is COC1=C(C(=O)OC(C)(C)C)[C@]2(C)C(C(=O)OC(C)(C)C)C(OC)=C(C(=O)OC(C)(C)C)[C@]2(C)C1C(=O)OC(C)(C)C. The van der Waals surface area contributed by atoms with Crippen LogP contribution < -0.4 is 0 Å². The Hall–Kier alpha value is -3.04. The first-order valence-electron chi connectivity index (χ1n) is 14.2. The van der Waals surface area contributed by atoms with E-state index in [-0.39, 0.29) is 22.7 Å². The minimum Gasteiger partial charge on any atom is -0.500 e. The molecule has 0 bridgehead atoms. The summed E-state index contributed by atoms with van der Waals surface area (Å²) in [5.41, 5.74) is -7.17. The standard InChI is InChI=1S/C32H50O10/c1-27(2,3)39-23(33)17-21(37-15)18(24(34)40-28(4,5)6)32(14)20(26(36)42-30(10,11)12)22(38-16)19(31(17,32)13)25(35)41-29(7,8)9/h17,20H,1-16H3/t17?,20?,31-,32+/m0/s1. The summed E-state index contributed by atoms with van der Waals surface area (Å²) in [6.45, 7) is 23.7. The number of fused-ring (bicyclic) bond motifs is 1. The Labute approximate surface area is 250 Å². The number of hydrogen-bond donors (Lipinski definition) is 0. The first-order chi connectivity index (χ1) is 18.7. The van der Waals surface area contributed by atoms with Crippen molar-refractivity contribution in [1.82, 2.24) is 0 Å².